The summed E-state index contributed by atoms with van der Waals surface area (Å²) >= 11 is 7.63. The summed E-state index contributed by atoms with van der Waals surface area (Å²) in [6.07, 6.45) is 0. The summed E-state index contributed by atoms with van der Waals surface area (Å²) in [5, 5.41) is 17.8. The molecule has 0 aliphatic heterocycles. The summed E-state index contributed by atoms with van der Waals surface area (Å²) < 4.78 is 0. The summed E-state index contributed by atoms with van der Waals surface area (Å²) in [5.41, 5.74) is 3.28. The topological polar surface area (TPSA) is 32.3 Å². The molecular formula is C17H14ClNOS. The van der Waals surface area contributed by atoms with Crippen LogP contribution in [-0.2, 0) is 0 Å². The van der Waals surface area contributed by atoms with Crippen LogP contribution in [0.15, 0.2) is 65.4 Å². The van der Waals surface area contributed by atoms with Crippen LogP contribution in [0, 0.1) is 0 Å². The van der Waals surface area contributed by atoms with Gasteiger partial charge in [0.25, 0.3) is 0 Å². The largest absolute Gasteiger partial charge is 0.508 e. The van der Waals surface area contributed by atoms with E-state index in [0.717, 1.165) is 21.8 Å². The van der Waals surface area contributed by atoms with E-state index in [-0.39, 0.29) is 11.8 Å². The number of thiophene rings is 1. The van der Waals surface area contributed by atoms with Gasteiger partial charge in [-0.3, -0.25) is 0 Å². The second kappa shape index (κ2) is 6.20. The molecule has 3 rings (SSSR count). The van der Waals surface area contributed by atoms with Crippen LogP contribution >= 0.6 is 22.9 Å². The number of halogens is 1. The molecule has 0 aliphatic carbocycles. The third-order valence-electron chi connectivity index (χ3n) is 3.26. The minimum atomic E-state index is 0.0115. The van der Waals surface area contributed by atoms with Gasteiger partial charge in [-0.05, 0) is 46.8 Å². The molecule has 21 heavy (non-hydrogen) atoms. The predicted octanol–water partition coefficient (Wildman–Crippen LogP) is 5.31. The lowest BCUT2D eigenvalue weighted by Crippen LogP contribution is -2.11. The van der Waals surface area contributed by atoms with E-state index in [1.165, 1.54) is 0 Å². The number of hydrogen-bond donors (Lipinski definition) is 2. The fraction of sp³-hybridized carbons (Fsp3) is 0.0588. The lowest BCUT2D eigenvalue weighted by Gasteiger charge is -2.20. The molecule has 1 heterocycles. The third-order valence-corrected chi connectivity index (χ3v) is 4.20. The standard InChI is InChI=1S/C17H14ClNOS/c18-14-5-1-12(2-6-14)17(19-15-9-10-21-11-15)13-3-7-16(20)8-4-13/h1-11,17,19-20H. The molecule has 3 aromatic rings. The van der Waals surface area contributed by atoms with E-state index >= 15 is 0 Å². The number of phenolic OH excluding ortho intramolecular Hbond substituents is 1. The van der Waals surface area contributed by atoms with Crippen LogP contribution in [0.25, 0.3) is 0 Å². The lowest BCUT2D eigenvalue weighted by atomic mass is 9.98. The molecule has 0 spiro atoms. The van der Waals surface area contributed by atoms with Crippen molar-refractivity contribution in [1.82, 2.24) is 0 Å². The SMILES string of the molecule is Oc1ccc(C(Nc2ccsc2)c2ccc(Cl)cc2)cc1. The molecule has 4 heteroatoms. The molecule has 0 aliphatic rings. The van der Waals surface area contributed by atoms with Crippen molar-refractivity contribution < 1.29 is 5.11 Å². The number of rotatable bonds is 4. The average Bonchev–Trinajstić information content (AvgIpc) is 3.00. The molecule has 0 amide bonds. The van der Waals surface area contributed by atoms with Gasteiger partial charge in [0.15, 0.2) is 0 Å². The molecule has 0 bridgehead atoms. The zero-order valence-corrected chi connectivity index (χ0v) is 12.7. The van der Waals surface area contributed by atoms with Crippen LogP contribution in [0.5, 0.6) is 5.75 Å². The lowest BCUT2D eigenvalue weighted by molar-refractivity contribution is 0.475. The second-order valence-electron chi connectivity index (χ2n) is 4.73. The van der Waals surface area contributed by atoms with Crippen LogP contribution in [0.2, 0.25) is 5.02 Å². The van der Waals surface area contributed by atoms with Gasteiger partial charge in [0.1, 0.15) is 5.75 Å². The van der Waals surface area contributed by atoms with Gasteiger partial charge < -0.3 is 10.4 Å². The highest BCUT2D eigenvalue weighted by molar-refractivity contribution is 7.08. The molecule has 0 saturated heterocycles. The Labute approximate surface area is 132 Å². The van der Waals surface area contributed by atoms with E-state index in [1.807, 2.05) is 47.8 Å². The van der Waals surface area contributed by atoms with Crippen molar-refractivity contribution in [3.8, 4) is 5.75 Å². The van der Waals surface area contributed by atoms with E-state index in [1.54, 1.807) is 23.5 Å². The van der Waals surface area contributed by atoms with Gasteiger partial charge in [-0.15, -0.1) is 0 Å². The van der Waals surface area contributed by atoms with Crippen molar-refractivity contribution in [2.75, 3.05) is 5.32 Å². The molecule has 2 aromatic carbocycles. The van der Waals surface area contributed by atoms with E-state index in [2.05, 4.69) is 10.7 Å². The first-order chi connectivity index (χ1) is 10.2. The number of benzene rings is 2. The molecule has 2 nitrogen and oxygen atoms in total. The molecule has 1 unspecified atom stereocenters. The Kier molecular flexibility index (Phi) is 4.13. The van der Waals surface area contributed by atoms with Gasteiger partial charge in [0.2, 0.25) is 0 Å². The Balaban J connectivity index is 1.97. The van der Waals surface area contributed by atoms with Crippen LogP contribution in [0.3, 0.4) is 0 Å². The van der Waals surface area contributed by atoms with Crippen molar-refractivity contribution in [3.63, 3.8) is 0 Å². The van der Waals surface area contributed by atoms with E-state index in [4.69, 9.17) is 11.6 Å². The van der Waals surface area contributed by atoms with Gasteiger partial charge in [0, 0.05) is 16.1 Å². The Morgan fingerprint density at radius 1 is 0.905 bits per heavy atom. The number of nitrogens with one attached hydrogen (secondary N) is 1. The average molecular weight is 316 g/mol. The molecule has 0 saturated carbocycles. The molecule has 1 atom stereocenters. The maximum Gasteiger partial charge on any atom is 0.115 e. The van der Waals surface area contributed by atoms with Crippen LogP contribution < -0.4 is 5.32 Å². The van der Waals surface area contributed by atoms with Crippen molar-refractivity contribution in [2.45, 2.75) is 6.04 Å². The normalized spacial score (nSPS) is 12.0. The summed E-state index contributed by atoms with van der Waals surface area (Å²) in [5.74, 6) is 0.268. The quantitative estimate of drug-likeness (QED) is 0.684. The smallest absolute Gasteiger partial charge is 0.115 e. The second-order valence-corrected chi connectivity index (χ2v) is 5.95. The van der Waals surface area contributed by atoms with E-state index in [0.29, 0.717) is 0 Å². The van der Waals surface area contributed by atoms with Crippen molar-refractivity contribution in [1.29, 1.82) is 0 Å². The van der Waals surface area contributed by atoms with Gasteiger partial charge >= 0.3 is 0 Å². The number of aromatic hydroxyl groups is 1. The minimum absolute atomic E-state index is 0.0115. The van der Waals surface area contributed by atoms with Crippen molar-refractivity contribution in [2.24, 2.45) is 0 Å². The highest BCUT2D eigenvalue weighted by Gasteiger charge is 2.14. The first kappa shape index (κ1) is 14.0. The maximum absolute atomic E-state index is 9.47. The van der Waals surface area contributed by atoms with Crippen molar-refractivity contribution in [3.05, 3.63) is 81.5 Å². The molecule has 106 valence electrons. The molecule has 0 fully saturated rings. The van der Waals surface area contributed by atoms with Gasteiger partial charge in [-0.1, -0.05) is 35.9 Å². The van der Waals surface area contributed by atoms with Crippen LogP contribution in [0.4, 0.5) is 5.69 Å². The van der Waals surface area contributed by atoms with Crippen molar-refractivity contribution >= 4 is 28.6 Å². The fourth-order valence-corrected chi connectivity index (χ4v) is 2.92. The highest BCUT2D eigenvalue weighted by Crippen LogP contribution is 2.29. The molecule has 1 aromatic heterocycles. The van der Waals surface area contributed by atoms with E-state index in [9.17, 15) is 5.11 Å². The Morgan fingerprint density at radius 3 is 2.10 bits per heavy atom. The van der Waals surface area contributed by atoms with Crippen LogP contribution in [-0.4, -0.2) is 5.11 Å². The first-order valence-electron chi connectivity index (χ1n) is 6.55. The third kappa shape index (κ3) is 3.38. The fourth-order valence-electron chi connectivity index (χ4n) is 2.19. The van der Waals surface area contributed by atoms with Gasteiger partial charge in [-0.2, -0.15) is 11.3 Å². The highest BCUT2D eigenvalue weighted by atomic mass is 35.5. The molecule has 2 N–H and O–H groups in total. The monoisotopic (exact) mass is 315 g/mol. The number of hydrogen-bond acceptors (Lipinski definition) is 3. The van der Waals surface area contributed by atoms with Gasteiger partial charge in [0.05, 0.1) is 6.04 Å². The molecule has 0 radical (unpaired) electrons. The summed E-state index contributed by atoms with van der Waals surface area (Å²) in [4.78, 5) is 0. The van der Waals surface area contributed by atoms with Crippen LogP contribution in [0.1, 0.15) is 17.2 Å². The summed E-state index contributed by atoms with van der Waals surface area (Å²) in [7, 11) is 0. The number of anilines is 1. The summed E-state index contributed by atoms with van der Waals surface area (Å²) in [6, 6.07) is 17.1. The zero-order valence-electron chi connectivity index (χ0n) is 11.2. The summed E-state index contributed by atoms with van der Waals surface area (Å²) in [6.45, 7) is 0. The minimum Gasteiger partial charge on any atom is -0.508 e. The zero-order chi connectivity index (χ0) is 14.7. The van der Waals surface area contributed by atoms with E-state index < -0.39 is 0 Å². The number of phenols is 1. The predicted molar refractivity (Wildman–Crippen MR) is 89.3 cm³/mol. The Morgan fingerprint density at radius 2 is 1.52 bits per heavy atom. The van der Waals surface area contributed by atoms with Gasteiger partial charge in [-0.25, -0.2) is 0 Å². The Hall–Kier alpha value is -1.97. The Bertz CT molecular complexity index is 647. The molecular weight excluding hydrogens is 302 g/mol. The maximum atomic E-state index is 9.47. The first-order valence-corrected chi connectivity index (χ1v) is 7.87.